The van der Waals surface area contributed by atoms with Crippen LogP contribution in [0, 0.1) is 0 Å². The standard InChI is InChI=1S/C27H30O6S2/c1-33-27-25(32)11-5-17-3-7-18(28)12-19(29)8-9-21(31)14-34-35-15-24-22(26(17)27)10-4-16-2-6-20(30)13-23(16)24/h2,4-6,10-11,13,19,21,29-32H,3,7-9,12,14-15H2,1H3/t19-,21-/m1/s1. The van der Waals surface area contributed by atoms with Crippen molar-refractivity contribution in [3.05, 3.63) is 53.6 Å². The number of rotatable bonds is 1. The number of aliphatic hydroxyl groups excluding tert-OH is 2. The van der Waals surface area contributed by atoms with Gasteiger partial charge < -0.3 is 25.2 Å². The third-order valence-electron chi connectivity index (χ3n) is 6.33. The number of Topliss-reactive ketones (excluding diaryl/α,β-unsaturated/α-hetero) is 1. The number of hydrogen-bond acceptors (Lipinski definition) is 8. The number of hydrogen-bond donors (Lipinski definition) is 4. The lowest BCUT2D eigenvalue weighted by molar-refractivity contribution is -0.121. The zero-order valence-corrected chi connectivity index (χ0v) is 21.2. The average Bonchev–Trinajstić information content (AvgIpc) is 2.83. The minimum atomic E-state index is -0.767. The highest BCUT2D eigenvalue weighted by Crippen LogP contribution is 2.45. The molecule has 6 nitrogen and oxygen atoms in total. The molecule has 0 saturated heterocycles. The summed E-state index contributed by atoms with van der Waals surface area (Å²) in [4.78, 5) is 12.6. The van der Waals surface area contributed by atoms with Gasteiger partial charge in [0.05, 0.1) is 19.3 Å². The first kappa shape index (κ1) is 25.7. The quantitative estimate of drug-likeness (QED) is 0.328. The summed E-state index contributed by atoms with van der Waals surface area (Å²) >= 11 is 0. The fourth-order valence-electron chi connectivity index (χ4n) is 4.52. The van der Waals surface area contributed by atoms with E-state index in [0.29, 0.717) is 36.5 Å². The smallest absolute Gasteiger partial charge is 0.168 e. The van der Waals surface area contributed by atoms with Crippen molar-refractivity contribution in [3.63, 3.8) is 0 Å². The molecule has 3 aromatic carbocycles. The number of phenolic OH excluding ortho intramolecular Hbond substituents is 2. The number of methoxy groups -OCH3 is 1. The predicted octanol–water partition coefficient (Wildman–Crippen LogP) is 5.22. The molecular weight excluding hydrogens is 484 g/mol. The van der Waals surface area contributed by atoms with Gasteiger partial charge in [-0.2, -0.15) is 0 Å². The minimum absolute atomic E-state index is 0.00880. The predicted molar refractivity (Wildman–Crippen MR) is 142 cm³/mol. The van der Waals surface area contributed by atoms with Crippen LogP contribution in [0.15, 0.2) is 42.5 Å². The number of aryl methyl sites for hydroxylation is 1. The molecule has 0 bridgehead atoms. The van der Waals surface area contributed by atoms with E-state index in [9.17, 15) is 25.2 Å². The Bertz CT molecular complexity index is 1210. The summed E-state index contributed by atoms with van der Waals surface area (Å²) in [5.74, 6) is 1.55. The van der Waals surface area contributed by atoms with Crippen LogP contribution >= 0.6 is 21.6 Å². The lowest BCUT2D eigenvalue weighted by Crippen LogP contribution is -2.18. The van der Waals surface area contributed by atoms with Crippen LogP contribution in [-0.4, -0.2) is 51.3 Å². The molecule has 0 fully saturated rings. The number of benzene rings is 3. The van der Waals surface area contributed by atoms with E-state index in [1.807, 2.05) is 24.3 Å². The maximum absolute atomic E-state index is 12.6. The molecule has 1 heterocycles. The van der Waals surface area contributed by atoms with Crippen molar-refractivity contribution in [1.29, 1.82) is 0 Å². The van der Waals surface area contributed by atoms with Crippen molar-refractivity contribution in [2.75, 3.05) is 12.9 Å². The molecule has 0 unspecified atom stereocenters. The fourth-order valence-corrected chi connectivity index (χ4v) is 6.81. The van der Waals surface area contributed by atoms with Crippen molar-refractivity contribution >= 4 is 38.1 Å². The van der Waals surface area contributed by atoms with Crippen LogP contribution in [-0.2, 0) is 17.0 Å². The monoisotopic (exact) mass is 514 g/mol. The molecule has 4 N–H and O–H groups in total. The van der Waals surface area contributed by atoms with E-state index >= 15 is 0 Å². The van der Waals surface area contributed by atoms with Gasteiger partial charge in [0, 0.05) is 29.9 Å². The molecule has 0 amide bonds. The lowest BCUT2D eigenvalue weighted by atomic mass is 9.89. The summed E-state index contributed by atoms with van der Waals surface area (Å²) in [6.45, 7) is 0. The molecule has 0 aliphatic carbocycles. The zero-order chi connectivity index (χ0) is 24.9. The number of fused-ring (bicyclic) bond motifs is 5. The second kappa shape index (κ2) is 11.6. The van der Waals surface area contributed by atoms with Crippen molar-refractivity contribution in [3.8, 4) is 28.4 Å². The topological polar surface area (TPSA) is 107 Å². The first-order valence-electron chi connectivity index (χ1n) is 11.6. The van der Waals surface area contributed by atoms with E-state index in [0.717, 1.165) is 33.0 Å². The van der Waals surface area contributed by atoms with E-state index < -0.39 is 12.2 Å². The first-order valence-corrected chi connectivity index (χ1v) is 14.1. The highest BCUT2D eigenvalue weighted by Gasteiger charge is 2.22. The summed E-state index contributed by atoms with van der Waals surface area (Å²) in [6.07, 6.45) is 0.210. The Hall–Kier alpha value is -2.39. The summed E-state index contributed by atoms with van der Waals surface area (Å²) in [7, 11) is 4.66. The van der Waals surface area contributed by atoms with Gasteiger partial charge in [0.2, 0.25) is 0 Å². The maximum atomic E-state index is 12.6. The van der Waals surface area contributed by atoms with Gasteiger partial charge in [0.25, 0.3) is 0 Å². The summed E-state index contributed by atoms with van der Waals surface area (Å²) in [5.41, 5.74) is 3.42. The van der Waals surface area contributed by atoms with Gasteiger partial charge in [0.1, 0.15) is 11.5 Å². The van der Waals surface area contributed by atoms with E-state index in [-0.39, 0.29) is 30.1 Å². The number of phenols is 2. The average molecular weight is 515 g/mol. The Morgan fingerprint density at radius 3 is 2.51 bits per heavy atom. The Morgan fingerprint density at radius 1 is 0.943 bits per heavy atom. The Labute approximate surface area is 212 Å². The second-order valence-corrected chi connectivity index (χ2v) is 11.3. The molecule has 0 aromatic heterocycles. The van der Waals surface area contributed by atoms with Crippen LogP contribution < -0.4 is 4.74 Å². The molecular formula is C27H30O6S2. The van der Waals surface area contributed by atoms with E-state index in [1.54, 1.807) is 39.8 Å². The number of aliphatic hydroxyl groups is 2. The highest BCUT2D eigenvalue weighted by atomic mass is 33.1. The van der Waals surface area contributed by atoms with E-state index in [1.165, 1.54) is 7.11 Å². The molecule has 1 aliphatic rings. The van der Waals surface area contributed by atoms with Gasteiger partial charge in [-0.05, 0) is 64.9 Å². The Kier molecular flexibility index (Phi) is 8.49. The lowest BCUT2D eigenvalue weighted by Gasteiger charge is -2.20. The normalized spacial score (nSPS) is 20.3. The van der Waals surface area contributed by atoms with Crippen LogP contribution in [0.5, 0.6) is 17.2 Å². The molecule has 3 aromatic rings. The Balaban J connectivity index is 1.87. The molecule has 0 radical (unpaired) electrons. The Morgan fingerprint density at radius 2 is 1.71 bits per heavy atom. The van der Waals surface area contributed by atoms with Crippen LogP contribution in [0.2, 0.25) is 0 Å². The largest absolute Gasteiger partial charge is 0.508 e. The van der Waals surface area contributed by atoms with Crippen LogP contribution in [0.25, 0.3) is 21.9 Å². The van der Waals surface area contributed by atoms with Gasteiger partial charge in [-0.15, -0.1) is 0 Å². The SMILES string of the molecule is COc1c(O)ccc2c1-c1ccc3ccc(O)cc3c1CSSC[C@H](O)CC[C@@H](O)CC(=O)CC2. The van der Waals surface area contributed by atoms with Gasteiger partial charge in [-0.1, -0.05) is 45.9 Å². The van der Waals surface area contributed by atoms with E-state index in [2.05, 4.69) is 0 Å². The molecule has 1 aliphatic heterocycles. The number of aromatic hydroxyl groups is 2. The van der Waals surface area contributed by atoms with Crippen LogP contribution in [0.3, 0.4) is 0 Å². The molecule has 8 heteroatoms. The number of carbonyl (C=O) groups excluding carboxylic acids is 1. The van der Waals surface area contributed by atoms with Gasteiger partial charge >= 0.3 is 0 Å². The molecule has 186 valence electrons. The summed E-state index contributed by atoms with van der Waals surface area (Å²) < 4.78 is 5.63. The molecule has 0 spiro atoms. The molecule has 4 rings (SSSR count). The van der Waals surface area contributed by atoms with Crippen molar-refractivity contribution in [1.82, 2.24) is 0 Å². The fraction of sp³-hybridized carbons (Fsp3) is 0.370. The maximum Gasteiger partial charge on any atom is 0.168 e. The van der Waals surface area contributed by atoms with Gasteiger partial charge in [-0.25, -0.2) is 0 Å². The summed E-state index contributed by atoms with van der Waals surface area (Å²) in [5, 5.41) is 43.3. The van der Waals surface area contributed by atoms with Crippen LogP contribution in [0.4, 0.5) is 0 Å². The minimum Gasteiger partial charge on any atom is -0.508 e. The van der Waals surface area contributed by atoms with Crippen molar-refractivity contribution in [2.45, 2.75) is 50.1 Å². The second-order valence-electron chi connectivity index (χ2n) is 8.82. The molecule has 2 atom stereocenters. The van der Waals surface area contributed by atoms with E-state index in [4.69, 9.17) is 4.74 Å². The summed E-state index contributed by atoms with van der Waals surface area (Å²) in [6, 6.07) is 12.6. The third-order valence-corrected chi connectivity index (χ3v) is 8.69. The number of carbonyl (C=O) groups is 1. The molecule has 35 heavy (non-hydrogen) atoms. The van der Waals surface area contributed by atoms with Gasteiger partial charge in [0.15, 0.2) is 11.5 Å². The van der Waals surface area contributed by atoms with Crippen LogP contribution in [0.1, 0.15) is 36.8 Å². The molecule has 0 saturated carbocycles. The highest BCUT2D eigenvalue weighted by molar-refractivity contribution is 8.76. The number of ether oxygens (including phenoxy) is 1. The third kappa shape index (κ3) is 6.06. The van der Waals surface area contributed by atoms with Gasteiger partial charge in [-0.3, -0.25) is 4.79 Å². The van der Waals surface area contributed by atoms with Crippen molar-refractivity contribution in [2.24, 2.45) is 0 Å². The number of ketones is 1. The zero-order valence-electron chi connectivity index (χ0n) is 19.6. The van der Waals surface area contributed by atoms with Crippen molar-refractivity contribution < 1.29 is 30.0 Å². The first-order chi connectivity index (χ1) is 16.9.